The number of nitrogens with zero attached hydrogens (tertiary/aromatic N) is 3. The van der Waals surface area contributed by atoms with Gasteiger partial charge in [0.25, 0.3) is 0 Å². The second-order valence-corrected chi connectivity index (χ2v) is 7.90. The Morgan fingerprint density at radius 2 is 1.90 bits per heavy atom. The number of thioether (sulfide) groups is 1. The molecule has 0 aliphatic carbocycles. The molecule has 0 saturated carbocycles. The summed E-state index contributed by atoms with van der Waals surface area (Å²) in [6, 6.07) is 17.0. The number of thiophene rings is 1. The minimum absolute atomic E-state index is 0.109. The van der Waals surface area contributed by atoms with E-state index in [9.17, 15) is 9.18 Å². The Morgan fingerprint density at radius 3 is 2.62 bits per heavy atom. The van der Waals surface area contributed by atoms with Crippen LogP contribution >= 0.6 is 23.1 Å². The van der Waals surface area contributed by atoms with Crippen LogP contribution in [0, 0.1) is 5.82 Å². The Hall–Kier alpha value is -2.97. The zero-order valence-electron chi connectivity index (χ0n) is 15.4. The summed E-state index contributed by atoms with van der Waals surface area (Å²) in [5.41, 5.74) is 1.25. The maximum Gasteiger partial charge on any atom is 0.196 e. The van der Waals surface area contributed by atoms with E-state index >= 15 is 0 Å². The van der Waals surface area contributed by atoms with Gasteiger partial charge in [-0.25, -0.2) is 4.39 Å². The normalized spacial score (nSPS) is 10.8. The number of benzene rings is 2. The predicted molar refractivity (Wildman–Crippen MR) is 113 cm³/mol. The van der Waals surface area contributed by atoms with Crippen molar-refractivity contribution in [3.63, 3.8) is 0 Å². The summed E-state index contributed by atoms with van der Waals surface area (Å²) in [5.74, 6) is 1.04. The quantitative estimate of drug-likeness (QED) is 0.304. The van der Waals surface area contributed by atoms with Gasteiger partial charge in [0.2, 0.25) is 0 Å². The highest BCUT2D eigenvalue weighted by molar-refractivity contribution is 7.99. The van der Waals surface area contributed by atoms with Crippen molar-refractivity contribution in [2.75, 3.05) is 12.9 Å². The number of rotatable bonds is 7. The van der Waals surface area contributed by atoms with Gasteiger partial charge in [0, 0.05) is 5.56 Å². The van der Waals surface area contributed by atoms with Gasteiger partial charge >= 0.3 is 0 Å². The fourth-order valence-corrected chi connectivity index (χ4v) is 4.35. The monoisotopic (exact) mass is 425 g/mol. The lowest BCUT2D eigenvalue weighted by Crippen LogP contribution is -2.05. The van der Waals surface area contributed by atoms with Crippen molar-refractivity contribution in [1.29, 1.82) is 0 Å². The highest BCUT2D eigenvalue weighted by atomic mass is 32.2. The lowest BCUT2D eigenvalue weighted by Gasteiger charge is -2.13. The predicted octanol–water partition coefficient (Wildman–Crippen LogP) is 5.12. The number of ether oxygens (including phenoxy) is 1. The highest BCUT2D eigenvalue weighted by Crippen LogP contribution is 2.34. The molecule has 29 heavy (non-hydrogen) atoms. The molecule has 0 N–H and O–H groups in total. The molecule has 0 bridgehead atoms. The Bertz CT molecular complexity index is 1130. The third-order valence-electron chi connectivity index (χ3n) is 4.20. The number of halogens is 1. The van der Waals surface area contributed by atoms with Gasteiger partial charge in [-0.15, -0.1) is 21.5 Å². The van der Waals surface area contributed by atoms with E-state index < -0.39 is 0 Å². The molecule has 0 saturated heterocycles. The van der Waals surface area contributed by atoms with Crippen LogP contribution in [-0.4, -0.2) is 33.4 Å². The summed E-state index contributed by atoms with van der Waals surface area (Å²) in [6.45, 7) is 0. The Kier molecular flexibility index (Phi) is 5.73. The summed E-state index contributed by atoms with van der Waals surface area (Å²) >= 11 is 2.84. The number of ketones is 1. The minimum atomic E-state index is -0.370. The molecule has 146 valence electrons. The number of Topliss-reactive ketones (excluding diaryl/α,β-unsaturated/α-hetero) is 1. The highest BCUT2D eigenvalue weighted by Gasteiger charge is 2.20. The third kappa shape index (κ3) is 4.08. The van der Waals surface area contributed by atoms with E-state index in [2.05, 4.69) is 10.2 Å². The van der Waals surface area contributed by atoms with Crippen LogP contribution in [0.4, 0.5) is 4.39 Å². The molecule has 4 rings (SSSR count). The van der Waals surface area contributed by atoms with Gasteiger partial charge in [-0.1, -0.05) is 30.0 Å². The van der Waals surface area contributed by atoms with Crippen molar-refractivity contribution in [3.8, 4) is 22.1 Å². The van der Waals surface area contributed by atoms with Crippen molar-refractivity contribution >= 4 is 28.9 Å². The first-order valence-corrected chi connectivity index (χ1v) is 10.6. The van der Waals surface area contributed by atoms with E-state index in [0.29, 0.717) is 22.3 Å². The zero-order valence-corrected chi connectivity index (χ0v) is 17.0. The number of hydrogen-bond acceptors (Lipinski definition) is 6. The first kappa shape index (κ1) is 19.4. The van der Waals surface area contributed by atoms with Crippen LogP contribution < -0.4 is 4.74 Å². The fourth-order valence-electron chi connectivity index (χ4n) is 2.81. The largest absolute Gasteiger partial charge is 0.495 e. The molecule has 0 unspecified atom stereocenters. The summed E-state index contributed by atoms with van der Waals surface area (Å²) in [4.78, 5) is 13.5. The van der Waals surface area contributed by atoms with Crippen LogP contribution in [0.25, 0.3) is 16.4 Å². The van der Waals surface area contributed by atoms with E-state index in [-0.39, 0.29) is 17.4 Å². The van der Waals surface area contributed by atoms with Crippen molar-refractivity contribution < 1.29 is 13.9 Å². The molecule has 5 nitrogen and oxygen atoms in total. The number of carbonyl (C=O) groups excluding carboxylic acids is 1. The molecule has 0 aliphatic heterocycles. The molecule has 0 aliphatic rings. The lowest BCUT2D eigenvalue weighted by molar-refractivity contribution is 0.102. The average Bonchev–Trinajstić information content (AvgIpc) is 3.42. The number of methoxy groups -OCH3 is 1. The van der Waals surface area contributed by atoms with Gasteiger partial charge < -0.3 is 4.74 Å². The molecule has 2 aromatic heterocycles. The van der Waals surface area contributed by atoms with Gasteiger partial charge in [-0.3, -0.25) is 9.36 Å². The number of para-hydroxylation sites is 2. The molecule has 0 radical (unpaired) electrons. The van der Waals surface area contributed by atoms with Gasteiger partial charge in [0.15, 0.2) is 16.8 Å². The van der Waals surface area contributed by atoms with Crippen molar-refractivity contribution in [2.45, 2.75) is 5.16 Å². The zero-order chi connectivity index (χ0) is 20.2. The summed E-state index contributed by atoms with van der Waals surface area (Å²) in [5, 5.41) is 11.2. The van der Waals surface area contributed by atoms with Crippen LogP contribution in [-0.2, 0) is 0 Å². The smallest absolute Gasteiger partial charge is 0.196 e. The maximum atomic E-state index is 13.1. The van der Waals surface area contributed by atoms with E-state index in [1.807, 2.05) is 46.3 Å². The first-order chi connectivity index (χ1) is 14.2. The molecule has 2 aromatic carbocycles. The van der Waals surface area contributed by atoms with Gasteiger partial charge in [-0.05, 0) is 47.8 Å². The molecule has 0 atom stereocenters. The second-order valence-electron chi connectivity index (χ2n) is 6.01. The standard InChI is InChI=1S/C21H16FN3O2S2/c1-27-18-6-3-2-5-16(18)25-20(19-7-4-12-28-19)23-24-21(25)29-13-17(26)14-8-10-15(22)11-9-14/h2-12H,13H2,1H3. The lowest BCUT2D eigenvalue weighted by atomic mass is 10.1. The molecule has 0 spiro atoms. The Balaban J connectivity index is 1.68. The number of hydrogen-bond donors (Lipinski definition) is 0. The summed E-state index contributed by atoms with van der Waals surface area (Å²) < 4.78 is 20.5. The Morgan fingerprint density at radius 1 is 1.10 bits per heavy atom. The number of carbonyl (C=O) groups is 1. The van der Waals surface area contributed by atoms with E-state index in [0.717, 1.165) is 10.6 Å². The molecule has 4 aromatic rings. The summed E-state index contributed by atoms with van der Waals surface area (Å²) in [6.07, 6.45) is 0. The van der Waals surface area contributed by atoms with Gasteiger partial charge in [-0.2, -0.15) is 0 Å². The molecule has 8 heteroatoms. The molecular weight excluding hydrogens is 409 g/mol. The van der Waals surface area contributed by atoms with E-state index in [4.69, 9.17) is 4.74 Å². The van der Waals surface area contributed by atoms with Crippen LogP contribution in [0.2, 0.25) is 0 Å². The van der Waals surface area contributed by atoms with Gasteiger partial charge in [0.05, 0.1) is 23.4 Å². The van der Waals surface area contributed by atoms with Crippen molar-refractivity contribution in [1.82, 2.24) is 14.8 Å². The Labute approximate surface area is 175 Å². The maximum absolute atomic E-state index is 13.1. The van der Waals surface area contributed by atoms with Crippen LogP contribution in [0.5, 0.6) is 5.75 Å². The van der Waals surface area contributed by atoms with Crippen molar-refractivity contribution in [3.05, 3.63) is 77.4 Å². The van der Waals surface area contributed by atoms with Gasteiger partial charge in [0.1, 0.15) is 11.6 Å². The molecule has 0 amide bonds. The second kappa shape index (κ2) is 8.59. The molecule has 2 heterocycles. The van der Waals surface area contributed by atoms with Crippen LogP contribution in [0.3, 0.4) is 0 Å². The number of aromatic nitrogens is 3. The minimum Gasteiger partial charge on any atom is -0.495 e. The van der Waals surface area contributed by atoms with Crippen LogP contribution in [0.1, 0.15) is 10.4 Å². The van der Waals surface area contributed by atoms with E-state index in [1.54, 1.807) is 18.4 Å². The third-order valence-corrected chi connectivity index (χ3v) is 5.99. The molecule has 0 fully saturated rings. The topological polar surface area (TPSA) is 57.0 Å². The summed E-state index contributed by atoms with van der Waals surface area (Å²) in [7, 11) is 1.61. The average molecular weight is 426 g/mol. The SMILES string of the molecule is COc1ccccc1-n1c(SCC(=O)c2ccc(F)cc2)nnc1-c1cccs1. The fraction of sp³-hybridized carbons (Fsp3) is 0.0952. The first-order valence-electron chi connectivity index (χ1n) is 8.71. The van der Waals surface area contributed by atoms with E-state index in [1.165, 1.54) is 36.0 Å². The van der Waals surface area contributed by atoms with Crippen molar-refractivity contribution in [2.24, 2.45) is 0 Å². The van der Waals surface area contributed by atoms with Crippen LogP contribution in [0.15, 0.2) is 71.2 Å². The molecular formula is C21H16FN3O2S2.